The summed E-state index contributed by atoms with van der Waals surface area (Å²) < 4.78 is 10.0. The molecule has 0 saturated carbocycles. The first-order chi connectivity index (χ1) is 3.89. The zero-order valence-electron chi connectivity index (χ0n) is 5.60. The molecule has 0 amide bonds. The zero-order valence-corrected chi connectivity index (χ0v) is 3.60. The number of hydrogen-bond donors (Lipinski definition) is 1. The van der Waals surface area contributed by atoms with Crippen LogP contribution in [-0.2, 0) is 0 Å². The fourth-order valence-electron chi connectivity index (χ4n) is 0.334. The topological polar surface area (TPSA) is 28.7 Å². The number of H-pyrrole nitrogens is 1. The first kappa shape index (κ1) is 2.45. The SMILES string of the molecule is Bc1cc[nH]n1.[H][H]. The van der Waals surface area contributed by atoms with Crippen molar-refractivity contribution in [2.24, 2.45) is 0 Å². The van der Waals surface area contributed by atoms with Gasteiger partial charge < -0.3 is 0 Å². The van der Waals surface area contributed by atoms with Gasteiger partial charge in [0.05, 0.1) is 0 Å². The van der Waals surface area contributed by atoms with Crippen LogP contribution >= 0.6 is 0 Å². The van der Waals surface area contributed by atoms with Gasteiger partial charge in [0.25, 0.3) is 0 Å². The van der Waals surface area contributed by atoms with E-state index in [9.17, 15) is 0 Å². The van der Waals surface area contributed by atoms with Crippen LogP contribution in [0.3, 0.4) is 0 Å². The maximum atomic E-state index is 5.00. The van der Waals surface area contributed by atoms with Gasteiger partial charge in [-0.1, -0.05) is 0 Å². The van der Waals surface area contributed by atoms with E-state index in [1.165, 1.54) is 0 Å². The van der Waals surface area contributed by atoms with Crippen LogP contribution in [0.25, 0.3) is 0 Å². The molecule has 1 aromatic heterocycles. The van der Waals surface area contributed by atoms with Crippen LogP contribution in [0, 0.1) is 0 Å². The molecule has 3 heteroatoms. The molecule has 1 N–H and O–H groups in total. The van der Waals surface area contributed by atoms with Gasteiger partial charge in [-0.25, -0.2) is 0 Å². The van der Waals surface area contributed by atoms with Crippen LogP contribution in [-0.4, -0.2) is 18.0 Å². The lowest BCUT2D eigenvalue weighted by molar-refractivity contribution is 1.11. The Balaban J connectivity index is 0.000000222. The Morgan fingerprint density at radius 1 is 2.17 bits per heavy atom. The molecule has 0 atom stereocenters. The zero-order chi connectivity index (χ0) is 6.41. The van der Waals surface area contributed by atoms with E-state index >= 15 is 0 Å². The Bertz CT molecular complexity index is 119. The average molecular weight is 81.9 g/mol. The van der Waals surface area contributed by atoms with Crippen molar-refractivity contribution in [3.8, 4) is 0 Å². The van der Waals surface area contributed by atoms with Gasteiger partial charge in [0.1, 0.15) is 0 Å². The Kier molecular flexibility index (Phi) is 0.475. The lowest BCUT2D eigenvalue weighted by Crippen LogP contribution is -2.00. The van der Waals surface area contributed by atoms with E-state index in [0.29, 0.717) is 0 Å². The number of nitrogens with zero attached hydrogens (tertiary/aromatic N) is 1. The molecular weight excluding hydrogens is 74.9 g/mol. The number of hydrogen-bond acceptors (Lipinski definition) is 1. The van der Waals surface area contributed by atoms with E-state index in [1.54, 1.807) is 6.20 Å². The number of aromatic amines is 1. The van der Waals surface area contributed by atoms with Gasteiger partial charge in [0, 0.05) is 14.8 Å². The number of aromatic nitrogens is 2. The standard InChI is InChI=1S/C3H5BN2.H2/c4-3-1-2-5-6-3;/h1-2H,4H2,(H,5,6);1H. The second-order valence-corrected chi connectivity index (χ2v) is 1.22. The third-order valence-corrected chi connectivity index (χ3v) is 0.640. The molecule has 0 aliphatic carbocycles. The molecule has 0 radical (unpaired) electrons. The molecule has 1 heterocycles. The maximum absolute atomic E-state index is 5.00. The number of rotatable bonds is 0. The Labute approximate surface area is 40.1 Å². The van der Waals surface area contributed by atoms with E-state index in [0.717, 1.165) is 5.59 Å². The molecule has 1 aromatic rings. The van der Waals surface area contributed by atoms with Crippen molar-refractivity contribution in [2.75, 3.05) is 0 Å². The Hall–Kier alpha value is -0.725. The van der Waals surface area contributed by atoms with Crippen LogP contribution in [0.5, 0.6) is 0 Å². The van der Waals surface area contributed by atoms with Gasteiger partial charge in [-0.3, -0.25) is 5.10 Å². The lowest BCUT2D eigenvalue weighted by Gasteiger charge is -1.64. The van der Waals surface area contributed by atoms with Gasteiger partial charge in [0.2, 0.25) is 0 Å². The fraction of sp³-hybridized carbons (Fsp3) is 0. The van der Waals surface area contributed by atoms with Crippen molar-refractivity contribution in [3.05, 3.63) is 12.3 Å². The summed E-state index contributed by atoms with van der Waals surface area (Å²) in [5.41, 5.74) is 1.04. The highest BCUT2D eigenvalue weighted by Crippen LogP contribution is 1.60. The van der Waals surface area contributed by atoms with Crippen molar-refractivity contribution in [2.45, 2.75) is 0 Å². The minimum atomic E-state index is 1.04. The molecule has 1 rings (SSSR count). The molecule has 0 aromatic carbocycles. The summed E-state index contributed by atoms with van der Waals surface area (Å²) in [6.07, 6.45) is 1.80. The van der Waals surface area contributed by atoms with Crippen molar-refractivity contribution >= 4 is 13.4 Å². The summed E-state index contributed by atoms with van der Waals surface area (Å²) in [7, 11) is 1.94. The first-order valence-corrected chi connectivity index (χ1v) is 1.86. The van der Waals surface area contributed by atoms with Crippen molar-refractivity contribution < 1.29 is 2.97 Å². The highest BCUT2D eigenvalue weighted by molar-refractivity contribution is 6.30. The largest absolute Gasteiger partial charge is 0.286 e. The minimum absolute atomic E-state index is 1.04. The summed E-state index contributed by atoms with van der Waals surface area (Å²) in [6.45, 7) is 0. The van der Waals surface area contributed by atoms with Crippen molar-refractivity contribution in [1.82, 2.24) is 10.2 Å². The second-order valence-electron chi connectivity index (χ2n) is 1.22. The molecule has 32 valence electrons. The van der Waals surface area contributed by atoms with Gasteiger partial charge in [-0.15, -0.1) is 0 Å². The third kappa shape index (κ3) is 0.430. The summed E-state index contributed by atoms with van der Waals surface area (Å²) >= 11 is 0. The highest BCUT2D eigenvalue weighted by atomic mass is 15.1. The smallest absolute Gasteiger partial charge is 0.166 e. The molecule has 0 spiro atoms. The normalized spacial score (nSPS) is 10.0. The molecule has 0 aliphatic heterocycles. The summed E-state index contributed by atoms with van der Waals surface area (Å²) in [6, 6.07) is 1.92. The molecule has 0 unspecified atom stereocenters. The van der Waals surface area contributed by atoms with E-state index in [2.05, 4.69) is 10.2 Å². The predicted molar refractivity (Wildman–Crippen MR) is 28.9 cm³/mol. The molecule has 0 aliphatic rings. The number of nitrogens with one attached hydrogen (secondary N) is 1. The molecule has 6 heavy (non-hydrogen) atoms. The van der Waals surface area contributed by atoms with Gasteiger partial charge in [0.15, 0.2) is 7.85 Å². The van der Waals surface area contributed by atoms with E-state index in [1.807, 2.05) is 13.9 Å². The quantitative estimate of drug-likeness (QED) is 0.396. The second kappa shape index (κ2) is 1.16. The van der Waals surface area contributed by atoms with E-state index < -0.39 is 0 Å². The van der Waals surface area contributed by atoms with Crippen LogP contribution in [0.15, 0.2) is 12.3 Å². The summed E-state index contributed by atoms with van der Waals surface area (Å²) in [5, 5.41) is 6.47. The molecule has 0 saturated heterocycles. The van der Waals surface area contributed by atoms with E-state index in [4.69, 9.17) is 2.97 Å². The minimum Gasteiger partial charge on any atom is -0.286 e. The Morgan fingerprint density at radius 3 is 3.17 bits per heavy atom. The average Bonchev–Trinajstić information content (AvgIpc) is 2.24. The fourth-order valence-corrected chi connectivity index (χ4v) is 0.334. The lowest BCUT2D eigenvalue weighted by atomic mass is 10.1. The molecular formula is C3H7BN2. The first-order valence-electron chi connectivity index (χ1n) is 2.86. The highest BCUT2D eigenvalue weighted by Gasteiger charge is 1.75. The summed E-state index contributed by atoms with van der Waals surface area (Å²) in [4.78, 5) is 0. The Morgan fingerprint density at radius 2 is 3.00 bits per heavy atom. The van der Waals surface area contributed by atoms with Gasteiger partial charge in [-0.05, 0) is 6.07 Å². The van der Waals surface area contributed by atoms with Crippen molar-refractivity contribution in [1.29, 1.82) is 0 Å². The molecule has 0 bridgehead atoms. The maximum Gasteiger partial charge on any atom is 0.166 e. The van der Waals surface area contributed by atoms with Gasteiger partial charge >= 0.3 is 0 Å². The monoisotopic (exact) mass is 82.1 g/mol. The van der Waals surface area contributed by atoms with Crippen LogP contribution in [0.2, 0.25) is 0 Å². The van der Waals surface area contributed by atoms with E-state index in [-0.39, 0.29) is 0 Å². The summed E-state index contributed by atoms with van der Waals surface area (Å²) in [5.74, 6) is 0. The molecule has 2 nitrogen and oxygen atoms in total. The van der Waals surface area contributed by atoms with Crippen LogP contribution < -0.4 is 5.59 Å². The third-order valence-electron chi connectivity index (χ3n) is 0.640. The van der Waals surface area contributed by atoms with Crippen LogP contribution in [0.1, 0.15) is 2.97 Å². The predicted octanol–water partition coefficient (Wildman–Crippen LogP) is -1.09. The molecule has 0 fully saturated rings. The van der Waals surface area contributed by atoms with Crippen LogP contribution in [0.4, 0.5) is 0 Å². The van der Waals surface area contributed by atoms with Crippen molar-refractivity contribution in [3.63, 3.8) is 0 Å². The van der Waals surface area contributed by atoms with Gasteiger partial charge in [-0.2, -0.15) is 5.10 Å².